The Kier molecular flexibility index (Phi) is 5.11. The highest BCUT2D eigenvalue weighted by Gasteiger charge is 2.25. The summed E-state index contributed by atoms with van der Waals surface area (Å²) in [5.74, 6) is 1.61. The fourth-order valence-electron chi connectivity index (χ4n) is 4.45. The number of carbonyl (C=O) groups excluding carboxylic acids is 1. The zero-order valence-corrected chi connectivity index (χ0v) is 17.6. The number of hydrogen-bond acceptors (Lipinski definition) is 4. The van der Waals surface area contributed by atoms with Gasteiger partial charge in [0.2, 0.25) is 12.7 Å². The molecule has 1 N–H and O–H groups in total. The minimum atomic E-state index is -0.101. The number of ether oxygens (including phenoxy) is 2. The Labute approximate surface area is 180 Å². The van der Waals surface area contributed by atoms with E-state index < -0.39 is 0 Å². The maximum atomic E-state index is 12.9. The molecule has 5 rings (SSSR count). The second kappa shape index (κ2) is 8.07. The zero-order valence-electron chi connectivity index (χ0n) is 17.6. The van der Waals surface area contributed by atoms with E-state index in [0.29, 0.717) is 18.5 Å². The molecule has 1 amide bonds. The molecule has 7 heteroatoms. The standard InChI is InChI=1S/C24H25N3O4/c1-17-12-19-4-2-3-5-20(19)24(29)27(17)15-23(28)26-10-8-25(9-11-26)14-18-6-7-21-22(13-18)31-16-30-21/h2-7,12-13H,8-11,14-16H2,1H3/p+1. The van der Waals surface area contributed by atoms with E-state index in [9.17, 15) is 9.59 Å². The second-order valence-electron chi connectivity index (χ2n) is 8.26. The minimum Gasteiger partial charge on any atom is -0.454 e. The van der Waals surface area contributed by atoms with Gasteiger partial charge in [0.05, 0.1) is 26.2 Å². The first-order valence-corrected chi connectivity index (χ1v) is 10.7. The number of quaternary nitrogens is 1. The predicted molar refractivity (Wildman–Crippen MR) is 116 cm³/mol. The third kappa shape index (κ3) is 3.88. The Balaban J connectivity index is 1.22. The molecule has 1 aromatic heterocycles. The van der Waals surface area contributed by atoms with Crippen molar-refractivity contribution in [2.24, 2.45) is 0 Å². The summed E-state index contributed by atoms with van der Waals surface area (Å²) in [4.78, 5) is 29.1. The summed E-state index contributed by atoms with van der Waals surface area (Å²) < 4.78 is 12.4. The maximum Gasteiger partial charge on any atom is 0.259 e. The van der Waals surface area contributed by atoms with Crippen molar-refractivity contribution in [3.05, 3.63) is 70.1 Å². The minimum absolute atomic E-state index is 0.00242. The van der Waals surface area contributed by atoms with Gasteiger partial charge in [-0.3, -0.25) is 9.59 Å². The molecule has 2 aromatic carbocycles. The summed E-state index contributed by atoms with van der Waals surface area (Å²) in [6, 6.07) is 15.6. The van der Waals surface area contributed by atoms with E-state index in [1.165, 1.54) is 10.5 Å². The quantitative estimate of drug-likeness (QED) is 0.683. The summed E-state index contributed by atoms with van der Waals surface area (Å²) in [6.07, 6.45) is 0. The van der Waals surface area contributed by atoms with Gasteiger partial charge in [0.1, 0.15) is 13.1 Å². The normalized spacial score (nSPS) is 16.1. The SMILES string of the molecule is Cc1cc2ccccc2c(=O)n1CC(=O)N1CC[NH+](Cc2ccc3c(c2)OCO3)CC1. The van der Waals surface area contributed by atoms with Gasteiger partial charge < -0.3 is 23.8 Å². The third-order valence-electron chi connectivity index (χ3n) is 6.23. The highest BCUT2D eigenvalue weighted by atomic mass is 16.7. The molecule has 160 valence electrons. The van der Waals surface area contributed by atoms with Crippen molar-refractivity contribution in [2.75, 3.05) is 33.0 Å². The van der Waals surface area contributed by atoms with Crippen LogP contribution in [0.2, 0.25) is 0 Å². The number of pyridine rings is 1. The van der Waals surface area contributed by atoms with Crippen molar-refractivity contribution in [2.45, 2.75) is 20.0 Å². The molecule has 2 aliphatic heterocycles. The molecule has 1 fully saturated rings. The molecule has 3 aromatic rings. The van der Waals surface area contributed by atoms with Gasteiger partial charge in [-0.1, -0.05) is 18.2 Å². The number of nitrogens with zero attached hydrogens (tertiary/aromatic N) is 2. The molecule has 0 spiro atoms. The molecule has 0 radical (unpaired) electrons. The van der Waals surface area contributed by atoms with E-state index in [1.807, 2.05) is 54.3 Å². The van der Waals surface area contributed by atoms with E-state index in [-0.39, 0.29) is 24.8 Å². The van der Waals surface area contributed by atoms with Crippen LogP contribution in [0.5, 0.6) is 11.5 Å². The molecule has 0 unspecified atom stereocenters. The van der Waals surface area contributed by atoms with Crippen molar-refractivity contribution < 1.29 is 19.2 Å². The Bertz CT molecular complexity index is 1200. The van der Waals surface area contributed by atoms with Gasteiger partial charge in [0.25, 0.3) is 5.56 Å². The largest absolute Gasteiger partial charge is 0.454 e. The lowest BCUT2D eigenvalue weighted by atomic mass is 10.1. The molecule has 0 saturated carbocycles. The lowest BCUT2D eigenvalue weighted by Crippen LogP contribution is -3.13. The van der Waals surface area contributed by atoms with Gasteiger partial charge >= 0.3 is 0 Å². The van der Waals surface area contributed by atoms with Crippen LogP contribution in [0.15, 0.2) is 53.3 Å². The lowest BCUT2D eigenvalue weighted by molar-refractivity contribution is -0.917. The van der Waals surface area contributed by atoms with Crippen LogP contribution in [0.1, 0.15) is 11.3 Å². The number of amides is 1. The number of nitrogens with one attached hydrogen (secondary N) is 1. The summed E-state index contributed by atoms with van der Waals surface area (Å²) >= 11 is 0. The summed E-state index contributed by atoms with van der Waals surface area (Å²) in [6.45, 7) is 6.30. The first-order chi connectivity index (χ1) is 15.1. The number of fused-ring (bicyclic) bond motifs is 2. The van der Waals surface area contributed by atoms with E-state index in [1.54, 1.807) is 4.57 Å². The van der Waals surface area contributed by atoms with Crippen LogP contribution < -0.4 is 19.9 Å². The fourth-order valence-corrected chi connectivity index (χ4v) is 4.45. The molecule has 3 heterocycles. The van der Waals surface area contributed by atoms with Crippen LogP contribution in [0.4, 0.5) is 0 Å². The van der Waals surface area contributed by atoms with Gasteiger partial charge in [0, 0.05) is 16.6 Å². The number of benzene rings is 2. The van der Waals surface area contributed by atoms with E-state index in [0.717, 1.165) is 42.2 Å². The highest BCUT2D eigenvalue weighted by Crippen LogP contribution is 2.32. The topological polar surface area (TPSA) is 65.2 Å². The van der Waals surface area contributed by atoms with Gasteiger partial charge in [-0.15, -0.1) is 0 Å². The van der Waals surface area contributed by atoms with E-state index in [4.69, 9.17) is 9.47 Å². The smallest absolute Gasteiger partial charge is 0.259 e. The molecule has 31 heavy (non-hydrogen) atoms. The molecule has 0 bridgehead atoms. The molecular weight excluding hydrogens is 394 g/mol. The molecule has 1 saturated heterocycles. The predicted octanol–water partition coefficient (Wildman–Crippen LogP) is 0.966. The molecule has 0 aliphatic carbocycles. The van der Waals surface area contributed by atoms with Gasteiger partial charge in [-0.05, 0) is 42.6 Å². The number of aryl methyl sites for hydroxylation is 1. The molecular formula is C24H26N3O4+. The van der Waals surface area contributed by atoms with Crippen LogP contribution in [-0.2, 0) is 17.9 Å². The Morgan fingerprint density at radius 2 is 1.81 bits per heavy atom. The number of carbonyl (C=O) groups is 1. The summed E-state index contributed by atoms with van der Waals surface area (Å²) in [7, 11) is 0. The van der Waals surface area contributed by atoms with Gasteiger partial charge in [-0.25, -0.2) is 0 Å². The summed E-state index contributed by atoms with van der Waals surface area (Å²) in [5.41, 5.74) is 1.91. The monoisotopic (exact) mass is 420 g/mol. The Hall–Kier alpha value is -3.32. The number of hydrogen-bond donors (Lipinski definition) is 1. The average molecular weight is 420 g/mol. The molecule has 2 aliphatic rings. The van der Waals surface area contributed by atoms with Crippen LogP contribution in [0, 0.1) is 6.92 Å². The fraction of sp³-hybridized carbons (Fsp3) is 0.333. The zero-order chi connectivity index (χ0) is 21.4. The maximum absolute atomic E-state index is 12.9. The lowest BCUT2D eigenvalue weighted by Gasteiger charge is -2.32. The van der Waals surface area contributed by atoms with Gasteiger partial charge in [0.15, 0.2) is 11.5 Å². The number of piperazine rings is 1. The van der Waals surface area contributed by atoms with Crippen molar-refractivity contribution in [3.8, 4) is 11.5 Å². The average Bonchev–Trinajstić information content (AvgIpc) is 3.25. The third-order valence-corrected chi connectivity index (χ3v) is 6.23. The van der Waals surface area contributed by atoms with Crippen LogP contribution in [-0.4, -0.2) is 48.3 Å². The first kappa shape index (κ1) is 19.6. The first-order valence-electron chi connectivity index (χ1n) is 10.7. The Morgan fingerprint density at radius 1 is 1.03 bits per heavy atom. The molecule has 0 atom stereocenters. The van der Waals surface area contributed by atoms with Crippen LogP contribution >= 0.6 is 0 Å². The van der Waals surface area contributed by atoms with Crippen molar-refractivity contribution >= 4 is 16.7 Å². The van der Waals surface area contributed by atoms with E-state index in [2.05, 4.69) is 6.07 Å². The second-order valence-corrected chi connectivity index (χ2v) is 8.26. The van der Waals surface area contributed by atoms with Crippen molar-refractivity contribution in [3.63, 3.8) is 0 Å². The van der Waals surface area contributed by atoms with Crippen molar-refractivity contribution in [1.82, 2.24) is 9.47 Å². The Morgan fingerprint density at radius 3 is 2.65 bits per heavy atom. The van der Waals surface area contributed by atoms with Crippen LogP contribution in [0.3, 0.4) is 0 Å². The number of aromatic nitrogens is 1. The van der Waals surface area contributed by atoms with Crippen LogP contribution in [0.25, 0.3) is 10.8 Å². The van der Waals surface area contributed by atoms with Gasteiger partial charge in [-0.2, -0.15) is 0 Å². The van der Waals surface area contributed by atoms with E-state index >= 15 is 0 Å². The molecule has 7 nitrogen and oxygen atoms in total. The number of rotatable bonds is 4. The highest BCUT2D eigenvalue weighted by molar-refractivity contribution is 5.82. The van der Waals surface area contributed by atoms with Crippen molar-refractivity contribution in [1.29, 1.82) is 0 Å². The summed E-state index contributed by atoms with van der Waals surface area (Å²) in [5, 5.41) is 1.56.